The Morgan fingerprint density at radius 2 is 1.75 bits per heavy atom. The zero-order chi connectivity index (χ0) is 14.5. The van der Waals surface area contributed by atoms with Crippen molar-refractivity contribution >= 4 is 27.6 Å². The predicted molar refractivity (Wildman–Crippen MR) is 87.2 cm³/mol. The summed E-state index contributed by atoms with van der Waals surface area (Å²) in [6, 6.07) is 8.27. The summed E-state index contributed by atoms with van der Waals surface area (Å²) in [7, 11) is 1.88. The Balaban J connectivity index is 2.18. The van der Waals surface area contributed by atoms with E-state index in [2.05, 4.69) is 55.6 Å². The average Bonchev–Trinajstić information content (AvgIpc) is 2.48. The number of halogens is 1. The van der Waals surface area contributed by atoms with E-state index in [-0.39, 0.29) is 0 Å². The highest BCUT2D eigenvalue weighted by Gasteiger charge is 2.08. The maximum Gasteiger partial charge on any atom is 0.135 e. The first-order chi connectivity index (χ1) is 9.63. The first kappa shape index (κ1) is 14.8. The van der Waals surface area contributed by atoms with Crippen molar-refractivity contribution in [3.05, 3.63) is 45.7 Å². The van der Waals surface area contributed by atoms with E-state index in [4.69, 9.17) is 0 Å². The van der Waals surface area contributed by atoms with Crippen LogP contribution in [0.3, 0.4) is 0 Å². The van der Waals surface area contributed by atoms with Crippen LogP contribution in [0.5, 0.6) is 0 Å². The van der Waals surface area contributed by atoms with Gasteiger partial charge >= 0.3 is 0 Å². The maximum absolute atomic E-state index is 4.56. The normalized spacial score (nSPS) is 10.4. The lowest BCUT2D eigenvalue weighted by Gasteiger charge is -2.13. The molecule has 0 atom stereocenters. The number of aromatic nitrogens is 2. The molecule has 0 bridgehead atoms. The summed E-state index contributed by atoms with van der Waals surface area (Å²) >= 11 is 3.44. The van der Waals surface area contributed by atoms with Crippen molar-refractivity contribution in [2.24, 2.45) is 0 Å². The van der Waals surface area contributed by atoms with E-state index in [1.54, 1.807) is 0 Å². The molecule has 0 saturated heterocycles. The molecule has 4 nitrogen and oxygen atoms in total. The van der Waals surface area contributed by atoms with Crippen LogP contribution in [0.15, 0.2) is 28.7 Å². The Bertz CT molecular complexity index is 581. The number of anilines is 2. The van der Waals surface area contributed by atoms with Gasteiger partial charge in [-0.05, 0) is 24.6 Å². The maximum atomic E-state index is 4.56. The SMILES string of the molecule is CCc1nc(NC)c(C)c(NCc2ccc(Br)cc2)n1. The van der Waals surface area contributed by atoms with Crippen LogP contribution in [0.25, 0.3) is 0 Å². The summed E-state index contributed by atoms with van der Waals surface area (Å²) in [6.45, 7) is 4.83. The van der Waals surface area contributed by atoms with E-state index in [9.17, 15) is 0 Å². The highest BCUT2D eigenvalue weighted by atomic mass is 79.9. The third kappa shape index (κ3) is 3.48. The summed E-state index contributed by atoms with van der Waals surface area (Å²) in [6.07, 6.45) is 0.821. The van der Waals surface area contributed by atoms with Crippen molar-refractivity contribution in [1.82, 2.24) is 9.97 Å². The monoisotopic (exact) mass is 334 g/mol. The van der Waals surface area contributed by atoms with Gasteiger partial charge in [-0.1, -0.05) is 35.0 Å². The average molecular weight is 335 g/mol. The quantitative estimate of drug-likeness (QED) is 0.873. The molecule has 20 heavy (non-hydrogen) atoms. The van der Waals surface area contributed by atoms with E-state index in [0.29, 0.717) is 0 Å². The minimum Gasteiger partial charge on any atom is -0.373 e. The van der Waals surface area contributed by atoms with Gasteiger partial charge in [0.05, 0.1) is 0 Å². The van der Waals surface area contributed by atoms with Crippen molar-refractivity contribution in [3.8, 4) is 0 Å². The standard InChI is InChI=1S/C15H19BrN4/c1-4-13-19-14(17-3)10(2)15(20-13)18-9-11-5-7-12(16)8-6-11/h5-8H,4,9H2,1-3H3,(H2,17,18,19,20). The minimum atomic E-state index is 0.747. The van der Waals surface area contributed by atoms with Crippen LogP contribution < -0.4 is 10.6 Å². The topological polar surface area (TPSA) is 49.8 Å². The van der Waals surface area contributed by atoms with Gasteiger partial charge in [0.1, 0.15) is 17.5 Å². The molecular formula is C15H19BrN4. The van der Waals surface area contributed by atoms with Gasteiger partial charge in [-0.15, -0.1) is 0 Å². The Kier molecular flexibility index (Phi) is 4.95. The van der Waals surface area contributed by atoms with Crippen LogP contribution in [-0.2, 0) is 13.0 Å². The molecule has 0 unspecified atom stereocenters. The minimum absolute atomic E-state index is 0.747. The summed E-state index contributed by atoms with van der Waals surface area (Å²) in [5, 5.41) is 6.51. The van der Waals surface area contributed by atoms with E-state index < -0.39 is 0 Å². The Hall–Kier alpha value is -1.62. The molecule has 5 heteroatoms. The Labute approximate surface area is 128 Å². The first-order valence-corrected chi connectivity index (χ1v) is 7.47. The number of aryl methyl sites for hydroxylation is 1. The second kappa shape index (κ2) is 6.70. The fourth-order valence-electron chi connectivity index (χ4n) is 1.92. The van der Waals surface area contributed by atoms with Crippen LogP contribution in [0.2, 0.25) is 0 Å². The molecule has 106 valence electrons. The van der Waals surface area contributed by atoms with Gasteiger partial charge in [-0.25, -0.2) is 9.97 Å². The lowest BCUT2D eigenvalue weighted by atomic mass is 10.2. The molecule has 0 amide bonds. The predicted octanol–water partition coefficient (Wildman–Crippen LogP) is 3.76. The molecular weight excluding hydrogens is 316 g/mol. The molecule has 0 radical (unpaired) electrons. The van der Waals surface area contributed by atoms with Gasteiger partial charge < -0.3 is 10.6 Å². The van der Waals surface area contributed by atoms with Crippen LogP contribution in [-0.4, -0.2) is 17.0 Å². The molecule has 0 spiro atoms. The van der Waals surface area contributed by atoms with Crippen LogP contribution >= 0.6 is 15.9 Å². The van der Waals surface area contributed by atoms with Gasteiger partial charge in [-0.2, -0.15) is 0 Å². The van der Waals surface area contributed by atoms with Gasteiger partial charge in [-0.3, -0.25) is 0 Å². The van der Waals surface area contributed by atoms with Crippen molar-refractivity contribution < 1.29 is 0 Å². The fourth-order valence-corrected chi connectivity index (χ4v) is 2.19. The number of rotatable bonds is 5. The Morgan fingerprint density at radius 3 is 2.35 bits per heavy atom. The molecule has 0 aliphatic rings. The van der Waals surface area contributed by atoms with Gasteiger partial charge in [0.2, 0.25) is 0 Å². The molecule has 0 fully saturated rings. The van der Waals surface area contributed by atoms with Crippen molar-refractivity contribution in [2.45, 2.75) is 26.8 Å². The highest BCUT2D eigenvalue weighted by molar-refractivity contribution is 9.10. The van der Waals surface area contributed by atoms with E-state index in [1.165, 1.54) is 5.56 Å². The number of nitrogens with one attached hydrogen (secondary N) is 2. The lowest BCUT2D eigenvalue weighted by Crippen LogP contribution is -2.09. The third-order valence-corrected chi connectivity index (χ3v) is 3.65. The van der Waals surface area contributed by atoms with Gasteiger partial charge in [0.15, 0.2) is 0 Å². The third-order valence-electron chi connectivity index (χ3n) is 3.12. The lowest BCUT2D eigenvalue weighted by molar-refractivity contribution is 0.924. The zero-order valence-electron chi connectivity index (χ0n) is 12.0. The molecule has 1 aromatic heterocycles. The van der Waals surface area contributed by atoms with E-state index in [1.807, 2.05) is 26.1 Å². The zero-order valence-corrected chi connectivity index (χ0v) is 13.6. The Morgan fingerprint density at radius 1 is 1.10 bits per heavy atom. The summed E-state index contributed by atoms with van der Waals surface area (Å²) in [5.41, 5.74) is 2.26. The molecule has 0 aliphatic carbocycles. The highest BCUT2D eigenvalue weighted by Crippen LogP contribution is 2.20. The molecule has 0 saturated carbocycles. The van der Waals surface area contributed by atoms with Crippen LogP contribution in [0.1, 0.15) is 23.9 Å². The number of hydrogen-bond donors (Lipinski definition) is 2. The fraction of sp³-hybridized carbons (Fsp3) is 0.333. The van der Waals surface area contributed by atoms with E-state index in [0.717, 1.165) is 40.5 Å². The van der Waals surface area contributed by atoms with Crippen molar-refractivity contribution in [2.75, 3.05) is 17.7 Å². The van der Waals surface area contributed by atoms with E-state index >= 15 is 0 Å². The molecule has 1 heterocycles. The second-order valence-electron chi connectivity index (χ2n) is 4.55. The van der Waals surface area contributed by atoms with Crippen LogP contribution in [0, 0.1) is 6.92 Å². The smallest absolute Gasteiger partial charge is 0.135 e. The van der Waals surface area contributed by atoms with Crippen molar-refractivity contribution in [3.63, 3.8) is 0 Å². The van der Waals surface area contributed by atoms with Gasteiger partial charge in [0, 0.05) is 30.0 Å². The molecule has 2 rings (SSSR count). The summed E-state index contributed by atoms with van der Waals surface area (Å²) < 4.78 is 1.09. The van der Waals surface area contributed by atoms with Crippen molar-refractivity contribution in [1.29, 1.82) is 0 Å². The molecule has 2 aromatic rings. The summed E-state index contributed by atoms with van der Waals surface area (Å²) in [5.74, 6) is 2.62. The first-order valence-electron chi connectivity index (χ1n) is 6.67. The van der Waals surface area contributed by atoms with Gasteiger partial charge in [0.25, 0.3) is 0 Å². The number of benzene rings is 1. The largest absolute Gasteiger partial charge is 0.373 e. The number of nitrogens with zero attached hydrogens (tertiary/aromatic N) is 2. The molecule has 1 aromatic carbocycles. The molecule has 2 N–H and O–H groups in total. The molecule has 0 aliphatic heterocycles. The number of hydrogen-bond acceptors (Lipinski definition) is 4. The second-order valence-corrected chi connectivity index (χ2v) is 5.46. The summed E-state index contributed by atoms with van der Waals surface area (Å²) in [4.78, 5) is 9.03. The van der Waals surface area contributed by atoms with Crippen LogP contribution in [0.4, 0.5) is 11.6 Å².